The van der Waals surface area contributed by atoms with Crippen LogP contribution < -0.4 is 5.32 Å². The van der Waals surface area contributed by atoms with Gasteiger partial charge >= 0.3 is 12.0 Å². The number of aromatic carboxylic acids is 1. The van der Waals surface area contributed by atoms with Crippen molar-refractivity contribution in [2.75, 3.05) is 19.6 Å². The molecule has 0 aliphatic heterocycles. The molecular formula is C15H19N3O3. The highest BCUT2D eigenvalue weighted by atomic mass is 16.4. The zero-order chi connectivity index (χ0) is 15.7. The second kappa shape index (κ2) is 8.59. The number of hydrogen-bond donors (Lipinski definition) is 2. The highest BCUT2D eigenvalue weighted by Gasteiger charge is 2.12. The molecular weight excluding hydrogens is 270 g/mol. The lowest BCUT2D eigenvalue weighted by atomic mass is 10.0. The van der Waals surface area contributed by atoms with Crippen molar-refractivity contribution in [2.45, 2.75) is 19.8 Å². The lowest BCUT2D eigenvalue weighted by Crippen LogP contribution is -2.41. The maximum atomic E-state index is 11.9. The summed E-state index contributed by atoms with van der Waals surface area (Å²) in [6.45, 7) is 3.12. The molecule has 1 aromatic carbocycles. The van der Waals surface area contributed by atoms with E-state index in [1.165, 1.54) is 0 Å². The van der Waals surface area contributed by atoms with Crippen LogP contribution in [0.25, 0.3) is 0 Å². The normalized spacial score (nSPS) is 9.71. The first-order valence-electron chi connectivity index (χ1n) is 6.81. The van der Waals surface area contributed by atoms with Crippen LogP contribution in [0.5, 0.6) is 0 Å². The van der Waals surface area contributed by atoms with Gasteiger partial charge in [0.2, 0.25) is 0 Å². The number of rotatable bonds is 7. The van der Waals surface area contributed by atoms with Crippen molar-refractivity contribution in [3.8, 4) is 6.07 Å². The van der Waals surface area contributed by atoms with E-state index < -0.39 is 5.97 Å². The van der Waals surface area contributed by atoms with Crippen LogP contribution in [0.2, 0.25) is 0 Å². The fourth-order valence-corrected chi connectivity index (χ4v) is 1.95. The number of hydrogen-bond acceptors (Lipinski definition) is 3. The van der Waals surface area contributed by atoms with Gasteiger partial charge in [-0.1, -0.05) is 18.2 Å². The summed E-state index contributed by atoms with van der Waals surface area (Å²) in [6.07, 6.45) is 0.743. The van der Waals surface area contributed by atoms with Crippen molar-refractivity contribution in [1.82, 2.24) is 10.2 Å². The molecule has 112 valence electrons. The van der Waals surface area contributed by atoms with E-state index in [1.807, 2.05) is 13.0 Å². The third-order valence-electron chi connectivity index (χ3n) is 3.08. The molecule has 0 saturated heterocycles. The lowest BCUT2D eigenvalue weighted by Gasteiger charge is -2.20. The van der Waals surface area contributed by atoms with Gasteiger partial charge in [0, 0.05) is 19.6 Å². The van der Waals surface area contributed by atoms with Gasteiger partial charge in [0.05, 0.1) is 18.1 Å². The number of carboxylic acids is 1. The number of nitriles is 1. The summed E-state index contributed by atoms with van der Waals surface area (Å²) < 4.78 is 0. The molecule has 2 N–H and O–H groups in total. The first kappa shape index (κ1) is 16.5. The molecule has 21 heavy (non-hydrogen) atoms. The molecule has 0 aromatic heterocycles. The van der Waals surface area contributed by atoms with E-state index >= 15 is 0 Å². The van der Waals surface area contributed by atoms with Gasteiger partial charge in [-0.15, -0.1) is 0 Å². The summed E-state index contributed by atoms with van der Waals surface area (Å²) in [5.41, 5.74) is 0.939. The zero-order valence-electron chi connectivity index (χ0n) is 12.0. The van der Waals surface area contributed by atoms with E-state index in [2.05, 4.69) is 5.32 Å². The first-order chi connectivity index (χ1) is 10.1. The molecule has 1 rings (SSSR count). The molecule has 0 spiro atoms. The van der Waals surface area contributed by atoms with E-state index in [-0.39, 0.29) is 11.6 Å². The fraction of sp³-hybridized carbons (Fsp3) is 0.400. The van der Waals surface area contributed by atoms with Gasteiger partial charge in [-0.2, -0.15) is 5.26 Å². The minimum atomic E-state index is -0.971. The van der Waals surface area contributed by atoms with Crippen LogP contribution in [0.3, 0.4) is 0 Å². The number of urea groups is 1. The summed E-state index contributed by atoms with van der Waals surface area (Å²) in [4.78, 5) is 24.5. The second-order valence-electron chi connectivity index (χ2n) is 4.43. The third kappa shape index (κ3) is 5.15. The predicted octanol–water partition coefficient (Wildman–Crippen LogP) is 1.87. The lowest BCUT2D eigenvalue weighted by molar-refractivity contribution is 0.0695. The van der Waals surface area contributed by atoms with Gasteiger partial charge in [0.25, 0.3) is 0 Å². The van der Waals surface area contributed by atoms with Crippen molar-refractivity contribution in [3.05, 3.63) is 35.4 Å². The molecule has 0 heterocycles. The van der Waals surface area contributed by atoms with E-state index in [9.17, 15) is 9.59 Å². The van der Waals surface area contributed by atoms with Gasteiger partial charge in [-0.3, -0.25) is 0 Å². The first-order valence-corrected chi connectivity index (χ1v) is 6.81. The molecule has 6 heteroatoms. The molecule has 0 saturated carbocycles. The van der Waals surface area contributed by atoms with Gasteiger partial charge < -0.3 is 15.3 Å². The molecule has 2 amide bonds. The molecule has 6 nitrogen and oxygen atoms in total. The number of carboxylic acid groups (broad SMARTS) is 1. The van der Waals surface area contributed by atoms with E-state index in [1.54, 1.807) is 29.2 Å². The topological polar surface area (TPSA) is 93.4 Å². The Hall–Kier alpha value is -2.55. The summed E-state index contributed by atoms with van der Waals surface area (Å²) in [5.74, 6) is -0.971. The van der Waals surface area contributed by atoms with Crippen molar-refractivity contribution >= 4 is 12.0 Å². The fourth-order valence-electron chi connectivity index (χ4n) is 1.95. The van der Waals surface area contributed by atoms with Crippen LogP contribution in [-0.2, 0) is 6.42 Å². The average molecular weight is 289 g/mol. The summed E-state index contributed by atoms with van der Waals surface area (Å²) in [5, 5.41) is 20.3. The number of carbonyl (C=O) groups excluding carboxylic acids is 1. The predicted molar refractivity (Wildman–Crippen MR) is 78.0 cm³/mol. The summed E-state index contributed by atoms with van der Waals surface area (Å²) in [6, 6.07) is 8.50. The molecule has 0 bridgehead atoms. The van der Waals surface area contributed by atoms with Crippen LogP contribution in [0.15, 0.2) is 24.3 Å². The molecule has 0 aliphatic rings. The Morgan fingerprint density at radius 3 is 2.71 bits per heavy atom. The summed E-state index contributed by atoms with van der Waals surface area (Å²) in [7, 11) is 0. The number of carbonyl (C=O) groups is 2. The minimum absolute atomic E-state index is 0.236. The maximum absolute atomic E-state index is 11.9. The Morgan fingerprint density at radius 2 is 2.10 bits per heavy atom. The largest absolute Gasteiger partial charge is 0.478 e. The van der Waals surface area contributed by atoms with Gasteiger partial charge in [-0.25, -0.2) is 9.59 Å². The highest BCUT2D eigenvalue weighted by molar-refractivity contribution is 5.89. The molecule has 0 fully saturated rings. The Kier molecular flexibility index (Phi) is 6.75. The van der Waals surface area contributed by atoms with Crippen LogP contribution in [0, 0.1) is 11.3 Å². The Morgan fingerprint density at radius 1 is 1.38 bits per heavy atom. The van der Waals surface area contributed by atoms with E-state index in [0.717, 1.165) is 0 Å². The SMILES string of the molecule is CCN(CCC#N)C(=O)NCCc1ccccc1C(=O)O. The number of nitrogens with zero attached hydrogens (tertiary/aromatic N) is 2. The minimum Gasteiger partial charge on any atom is -0.478 e. The van der Waals surface area contributed by atoms with Crippen LogP contribution in [0.4, 0.5) is 4.79 Å². The van der Waals surface area contributed by atoms with Crippen LogP contribution >= 0.6 is 0 Å². The van der Waals surface area contributed by atoms with Crippen molar-refractivity contribution in [1.29, 1.82) is 5.26 Å². The molecule has 0 atom stereocenters. The van der Waals surface area contributed by atoms with Gasteiger partial charge in [-0.05, 0) is 25.0 Å². The van der Waals surface area contributed by atoms with E-state index in [4.69, 9.17) is 10.4 Å². The average Bonchev–Trinajstić information content (AvgIpc) is 2.48. The Balaban J connectivity index is 2.52. The van der Waals surface area contributed by atoms with Gasteiger partial charge in [0.15, 0.2) is 0 Å². The molecule has 1 aromatic rings. The van der Waals surface area contributed by atoms with E-state index in [0.29, 0.717) is 38.0 Å². The monoisotopic (exact) mass is 289 g/mol. The molecule has 0 aliphatic carbocycles. The highest BCUT2D eigenvalue weighted by Crippen LogP contribution is 2.09. The quantitative estimate of drug-likeness (QED) is 0.801. The third-order valence-corrected chi connectivity index (χ3v) is 3.08. The molecule has 0 unspecified atom stereocenters. The standard InChI is InChI=1S/C15H19N3O3/c1-2-18(11-5-9-16)15(21)17-10-8-12-6-3-4-7-13(12)14(19)20/h3-4,6-7H,2,5,8,10-11H2,1H3,(H,17,21)(H,19,20). The van der Waals surface area contributed by atoms with Crippen LogP contribution in [-0.4, -0.2) is 41.6 Å². The van der Waals surface area contributed by atoms with Crippen molar-refractivity contribution < 1.29 is 14.7 Å². The van der Waals surface area contributed by atoms with Gasteiger partial charge in [0.1, 0.15) is 0 Å². The Labute approximate surface area is 124 Å². The Bertz CT molecular complexity index is 537. The molecule has 0 radical (unpaired) electrons. The smallest absolute Gasteiger partial charge is 0.335 e. The summed E-state index contributed by atoms with van der Waals surface area (Å²) >= 11 is 0. The number of nitrogens with one attached hydrogen (secondary N) is 1. The van der Waals surface area contributed by atoms with Crippen molar-refractivity contribution in [2.24, 2.45) is 0 Å². The van der Waals surface area contributed by atoms with Crippen molar-refractivity contribution in [3.63, 3.8) is 0 Å². The number of benzene rings is 1. The second-order valence-corrected chi connectivity index (χ2v) is 4.43. The number of amides is 2. The maximum Gasteiger partial charge on any atom is 0.335 e. The zero-order valence-corrected chi connectivity index (χ0v) is 12.0. The van der Waals surface area contributed by atoms with Crippen LogP contribution in [0.1, 0.15) is 29.3 Å².